The largest absolute Gasteiger partial charge is 0.336 e. The monoisotopic (exact) mass is 330 g/mol. The molecular weight excluding hydrogens is 304 g/mol. The number of hydrogen-bond acceptors (Lipinski definition) is 3. The summed E-state index contributed by atoms with van der Waals surface area (Å²) in [7, 11) is 0. The molecule has 130 valence electrons. The van der Waals surface area contributed by atoms with Gasteiger partial charge in [-0.15, -0.1) is 0 Å². The molecule has 6 heteroatoms. The van der Waals surface area contributed by atoms with Crippen molar-refractivity contribution in [1.82, 2.24) is 15.1 Å². The lowest BCUT2D eigenvalue weighted by molar-refractivity contribution is 0.0624. The van der Waals surface area contributed by atoms with Crippen LogP contribution in [0.5, 0.6) is 0 Å². The quantitative estimate of drug-likeness (QED) is 0.913. The highest BCUT2D eigenvalue weighted by Gasteiger charge is 2.24. The van der Waals surface area contributed by atoms with E-state index in [0.717, 1.165) is 38.4 Å². The summed E-state index contributed by atoms with van der Waals surface area (Å²) in [5, 5.41) is 2.78. The number of amides is 3. The molecule has 0 saturated carbocycles. The minimum Gasteiger partial charge on any atom is -0.336 e. The molecule has 2 fully saturated rings. The molecule has 0 spiro atoms. The van der Waals surface area contributed by atoms with Gasteiger partial charge in [-0.3, -0.25) is 14.6 Å². The smallest absolute Gasteiger partial charge is 0.321 e. The number of urea groups is 1. The van der Waals surface area contributed by atoms with Gasteiger partial charge in [0.1, 0.15) is 0 Å². The standard InChI is InChI=1S/C18H26N4O2/c1-14(2)13-20-9-11-21(12-10-20)17(23)15-3-5-16(6-4-15)22-8-7-19-18(22)24/h3-6,14H,7-13H2,1-2H3,(H,19,24). The van der Waals surface area contributed by atoms with Gasteiger partial charge in [-0.2, -0.15) is 0 Å². The number of carbonyl (C=O) groups is 2. The summed E-state index contributed by atoms with van der Waals surface area (Å²) in [6, 6.07) is 7.28. The lowest BCUT2D eigenvalue weighted by Crippen LogP contribution is -2.49. The predicted molar refractivity (Wildman–Crippen MR) is 94.4 cm³/mol. The van der Waals surface area contributed by atoms with E-state index >= 15 is 0 Å². The topological polar surface area (TPSA) is 55.9 Å². The zero-order chi connectivity index (χ0) is 17.1. The van der Waals surface area contributed by atoms with Crippen LogP contribution in [0.25, 0.3) is 0 Å². The van der Waals surface area contributed by atoms with Gasteiger partial charge in [0.25, 0.3) is 5.91 Å². The molecule has 2 aliphatic rings. The predicted octanol–water partition coefficient (Wildman–Crippen LogP) is 1.63. The number of nitrogens with zero attached hydrogens (tertiary/aromatic N) is 3. The fourth-order valence-electron chi connectivity index (χ4n) is 3.33. The molecule has 3 rings (SSSR count). The first kappa shape index (κ1) is 16.8. The van der Waals surface area contributed by atoms with E-state index in [2.05, 4.69) is 24.1 Å². The Morgan fingerprint density at radius 2 is 1.75 bits per heavy atom. The maximum atomic E-state index is 12.6. The number of carbonyl (C=O) groups excluding carboxylic acids is 2. The SMILES string of the molecule is CC(C)CN1CCN(C(=O)c2ccc(N3CCNC3=O)cc2)CC1. The van der Waals surface area contributed by atoms with Crippen molar-refractivity contribution >= 4 is 17.6 Å². The maximum absolute atomic E-state index is 12.6. The minimum atomic E-state index is -0.0737. The highest BCUT2D eigenvalue weighted by atomic mass is 16.2. The molecule has 24 heavy (non-hydrogen) atoms. The molecule has 2 heterocycles. The highest BCUT2D eigenvalue weighted by molar-refractivity contribution is 5.97. The van der Waals surface area contributed by atoms with Gasteiger partial charge in [-0.25, -0.2) is 4.79 Å². The van der Waals surface area contributed by atoms with Crippen molar-refractivity contribution < 1.29 is 9.59 Å². The van der Waals surface area contributed by atoms with E-state index < -0.39 is 0 Å². The van der Waals surface area contributed by atoms with Crippen LogP contribution in [0.15, 0.2) is 24.3 Å². The summed E-state index contributed by atoms with van der Waals surface area (Å²) < 4.78 is 0. The van der Waals surface area contributed by atoms with E-state index in [1.54, 1.807) is 4.90 Å². The van der Waals surface area contributed by atoms with Crippen LogP contribution in [0.4, 0.5) is 10.5 Å². The van der Waals surface area contributed by atoms with Crippen LogP contribution in [0.3, 0.4) is 0 Å². The molecule has 1 aromatic rings. The molecule has 0 aliphatic carbocycles. The number of benzene rings is 1. The normalized spacial score (nSPS) is 19.0. The zero-order valence-corrected chi connectivity index (χ0v) is 14.5. The molecule has 6 nitrogen and oxygen atoms in total. The van der Waals surface area contributed by atoms with E-state index in [0.29, 0.717) is 24.6 Å². The van der Waals surface area contributed by atoms with Crippen LogP contribution in [-0.4, -0.2) is 67.6 Å². The molecule has 0 aromatic heterocycles. The number of piperazine rings is 1. The Morgan fingerprint density at radius 1 is 1.08 bits per heavy atom. The first-order chi connectivity index (χ1) is 11.5. The lowest BCUT2D eigenvalue weighted by Gasteiger charge is -2.35. The number of rotatable bonds is 4. The molecule has 3 amide bonds. The Balaban J connectivity index is 1.58. The Kier molecular flexibility index (Phi) is 5.04. The van der Waals surface area contributed by atoms with Crippen LogP contribution in [-0.2, 0) is 0 Å². The molecule has 0 unspecified atom stereocenters. The number of hydrogen-bond donors (Lipinski definition) is 1. The van der Waals surface area contributed by atoms with Gasteiger partial charge in [0, 0.05) is 57.1 Å². The van der Waals surface area contributed by atoms with Gasteiger partial charge in [0.05, 0.1) is 0 Å². The Morgan fingerprint density at radius 3 is 2.29 bits per heavy atom. The summed E-state index contributed by atoms with van der Waals surface area (Å²) in [6.45, 7) is 10.3. The van der Waals surface area contributed by atoms with Crippen molar-refractivity contribution in [1.29, 1.82) is 0 Å². The van der Waals surface area contributed by atoms with E-state index in [9.17, 15) is 9.59 Å². The van der Waals surface area contributed by atoms with Gasteiger partial charge >= 0.3 is 6.03 Å². The van der Waals surface area contributed by atoms with Crippen LogP contribution in [0.2, 0.25) is 0 Å². The van der Waals surface area contributed by atoms with Crippen LogP contribution in [0, 0.1) is 5.92 Å². The van der Waals surface area contributed by atoms with Crippen molar-refractivity contribution in [2.45, 2.75) is 13.8 Å². The van der Waals surface area contributed by atoms with E-state index in [1.165, 1.54) is 0 Å². The number of nitrogens with one attached hydrogen (secondary N) is 1. The third-order valence-electron chi connectivity index (χ3n) is 4.57. The Hall–Kier alpha value is -2.08. The second-order valence-corrected chi connectivity index (χ2v) is 6.92. The Bertz CT molecular complexity index is 592. The van der Waals surface area contributed by atoms with Crippen molar-refractivity contribution in [3.05, 3.63) is 29.8 Å². The first-order valence-electron chi connectivity index (χ1n) is 8.71. The lowest BCUT2D eigenvalue weighted by atomic mass is 10.1. The average Bonchev–Trinajstić information content (AvgIpc) is 3.00. The summed E-state index contributed by atoms with van der Waals surface area (Å²) in [4.78, 5) is 30.4. The third-order valence-corrected chi connectivity index (χ3v) is 4.57. The van der Waals surface area contributed by atoms with E-state index in [1.807, 2.05) is 29.2 Å². The van der Waals surface area contributed by atoms with Gasteiger partial charge < -0.3 is 10.2 Å². The Labute approximate surface area is 143 Å². The van der Waals surface area contributed by atoms with Crippen LogP contribution < -0.4 is 10.2 Å². The summed E-state index contributed by atoms with van der Waals surface area (Å²) >= 11 is 0. The average molecular weight is 330 g/mol. The molecule has 0 radical (unpaired) electrons. The van der Waals surface area contributed by atoms with Gasteiger partial charge in [-0.1, -0.05) is 13.8 Å². The molecular formula is C18H26N4O2. The summed E-state index contributed by atoms with van der Waals surface area (Å²) in [6.07, 6.45) is 0. The molecule has 1 N–H and O–H groups in total. The molecule has 0 bridgehead atoms. The molecule has 2 saturated heterocycles. The van der Waals surface area contributed by atoms with Gasteiger partial charge in [0.2, 0.25) is 0 Å². The number of anilines is 1. The molecule has 2 aliphatic heterocycles. The summed E-state index contributed by atoms with van der Waals surface area (Å²) in [5.74, 6) is 0.735. The third kappa shape index (κ3) is 3.70. The van der Waals surface area contributed by atoms with Crippen molar-refractivity contribution in [2.24, 2.45) is 5.92 Å². The van der Waals surface area contributed by atoms with Gasteiger partial charge in [0.15, 0.2) is 0 Å². The minimum absolute atomic E-state index is 0.0737. The summed E-state index contributed by atoms with van der Waals surface area (Å²) in [5.41, 5.74) is 1.53. The fourth-order valence-corrected chi connectivity index (χ4v) is 3.33. The van der Waals surface area contributed by atoms with Crippen LogP contribution in [0.1, 0.15) is 24.2 Å². The fraction of sp³-hybridized carbons (Fsp3) is 0.556. The van der Waals surface area contributed by atoms with E-state index in [4.69, 9.17) is 0 Å². The van der Waals surface area contributed by atoms with Crippen molar-refractivity contribution in [3.8, 4) is 0 Å². The zero-order valence-electron chi connectivity index (χ0n) is 14.5. The highest BCUT2D eigenvalue weighted by Crippen LogP contribution is 2.18. The van der Waals surface area contributed by atoms with E-state index in [-0.39, 0.29) is 11.9 Å². The maximum Gasteiger partial charge on any atom is 0.321 e. The van der Waals surface area contributed by atoms with Crippen molar-refractivity contribution in [3.63, 3.8) is 0 Å². The first-order valence-corrected chi connectivity index (χ1v) is 8.71. The molecule has 0 atom stereocenters. The second-order valence-electron chi connectivity index (χ2n) is 6.92. The van der Waals surface area contributed by atoms with Crippen molar-refractivity contribution in [2.75, 3.05) is 50.7 Å². The van der Waals surface area contributed by atoms with Crippen LogP contribution >= 0.6 is 0 Å². The second kappa shape index (κ2) is 7.21. The van der Waals surface area contributed by atoms with Gasteiger partial charge in [-0.05, 0) is 30.2 Å². The molecule has 1 aromatic carbocycles.